The molecule has 0 saturated carbocycles. The summed E-state index contributed by atoms with van der Waals surface area (Å²) >= 11 is 0. The van der Waals surface area contributed by atoms with E-state index in [1.165, 1.54) is 28.2 Å². The number of anilines is 4. The van der Waals surface area contributed by atoms with Crippen LogP contribution in [0.2, 0.25) is 0 Å². The van der Waals surface area contributed by atoms with Crippen molar-refractivity contribution in [3.63, 3.8) is 0 Å². The van der Waals surface area contributed by atoms with Gasteiger partial charge in [-0.2, -0.15) is 0 Å². The first-order chi connectivity index (χ1) is 14.1. The van der Waals surface area contributed by atoms with E-state index in [9.17, 15) is 0 Å². The molecule has 3 unspecified atom stereocenters. The SMILES string of the molecule is C=CC1c2ccccc2N2c3nccc(C(C)C)c3N(c3ccccc3)C2C1C. The average Bonchev–Trinajstić information content (AvgIpc) is 3.10. The normalized spacial score (nSPS) is 22.3. The molecule has 3 atom stereocenters. The number of hydrogen-bond donors (Lipinski definition) is 0. The van der Waals surface area contributed by atoms with E-state index in [1.807, 2.05) is 6.20 Å². The number of hydrogen-bond acceptors (Lipinski definition) is 3. The minimum Gasteiger partial charge on any atom is -0.316 e. The van der Waals surface area contributed by atoms with Gasteiger partial charge in [0.1, 0.15) is 6.17 Å². The number of rotatable bonds is 3. The molecule has 0 N–H and O–H groups in total. The fourth-order valence-corrected chi connectivity index (χ4v) is 5.12. The first-order valence-electron chi connectivity index (χ1n) is 10.5. The van der Waals surface area contributed by atoms with Crippen LogP contribution in [0.15, 0.2) is 79.5 Å². The Hall–Kier alpha value is -3.07. The quantitative estimate of drug-likeness (QED) is 0.468. The molecule has 2 aliphatic rings. The van der Waals surface area contributed by atoms with Crippen LogP contribution in [-0.2, 0) is 0 Å². The van der Waals surface area contributed by atoms with Crippen LogP contribution < -0.4 is 9.80 Å². The van der Waals surface area contributed by atoms with Crippen molar-refractivity contribution in [3.05, 3.63) is 90.6 Å². The second-order valence-corrected chi connectivity index (χ2v) is 8.40. The highest BCUT2D eigenvalue weighted by Crippen LogP contribution is 2.56. The molecule has 0 saturated heterocycles. The summed E-state index contributed by atoms with van der Waals surface area (Å²) in [7, 11) is 0. The molecular weight excluding hydrogens is 354 g/mol. The van der Waals surface area contributed by atoms with Crippen LogP contribution >= 0.6 is 0 Å². The molecule has 2 aliphatic heterocycles. The Bertz CT molecular complexity index is 1060. The van der Waals surface area contributed by atoms with Crippen LogP contribution in [0.1, 0.15) is 43.7 Å². The van der Waals surface area contributed by atoms with E-state index in [0.717, 1.165) is 5.82 Å². The minimum atomic E-state index is 0.165. The molecule has 0 radical (unpaired) electrons. The Kier molecular flexibility index (Phi) is 4.20. The maximum atomic E-state index is 4.91. The molecule has 3 heteroatoms. The molecule has 3 heterocycles. The predicted molar refractivity (Wildman–Crippen MR) is 121 cm³/mol. The van der Waals surface area contributed by atoms with Crippen molar-refractivity contribution in [2.45, 2.75) is 38.8 Å². The number of pyridine rings is 1. The Labute approximate surface area is 173 Å². The van der Waals surface area contributed by atoms with Crippen molar-refractivity contribution in [1.82, 2.24) is 4.98 Å². The number of allylic oxidation sites excluding steroid dienone is 1. The van der Waals surface area contributed by atoms with Gasteiger partial charge in [-0.25, -0.2) is 4.98 Å². The molecule has 0 bridgehead atoms. The Morgan fingerprint density at radius 1 is 0.966 bits per heavy atom. The summed E-state index contributed by atoms with van der Waals surface area (Å²) in [5.41, 5.74) is 6.38. The van der Waals surface area contributed by atoms with Gasteiger partial charge in [-0.3, -0.25) is 0 Å². The lowest BCUT2D eigenvalue weighted by Crippen LogP contribution is -2.48. The lowest BCUT2D eigenvalue weighted by molar-refractivity contribution is 0.409. The average molecular weight is 382 g/mol. The maximum absolute atomic E-state index is 4.91. The molecule has 0 spiro atoms. The molecule has 1 aromatic heterocycles. The van der Waals surface area contributed by atoms with Gasteiger partial charge >= 0.3 is 0 Å². The van der Waals surface area contributed by atoms with Gasteiger partial charge in [0.25, 0.3) is 0 Å². The largest absolute Gasteiger partial charge is 0.316 e. The standard InChI is InChI=1S/C26H27N3/c1-5-20-18(4)26-28(19-11-7-6-8-12-19)24-21(17(2)3)15-16-27-25(24)29(26)23-14-10-9-13-22(20)23/h5-18,20,26H,1H2,2-4H3. The highest BCUT2D eigenvalue weighted by molar-refractivity contribution is 5.90. The van der Waals surface area contributed by atoms with Crippen LogP contribution in [-0.4, -0.2) is 11.1 Å². The topological polar surface area (TPSA) is 19.4 Å². The minimum absolute atomic E-state index is 0.165. The number of benzene rings is 2. The first-order valence-corrected chi connectivity index (χ1v) is 10.5. The molecule has 29 heavy (non-hydrogen) atoms. The van der Waals surface area contributed by atoms with Crippen molar-refractivity contribution in [2.24, 2.45) is 5.92 Å². The predicted octanol–water partition coefficient (Wildman–Crippen LogP) is 6.74. The number of nitrogens with zero attached hydrogens (tertiary/aromatic N) is 3. The summed E-state index contributed by atoms with van der Waals surface area (Å²) in [6.45, 7) is 11.1. The molecule has 5 rings (SSSR count). The van der Waals surface area contributed by atoms with Crippen LogP contribution in [0.3, 0.4) is 0 Å². The second-order valence-electron chi connectivity index (χ2n) is 8.40. The van der Waals surface area contributed by atoms with E-state index in [2.05, 4.69) is 104 Å². The molecule has 0 aliphatic carbocycles. The summed E-state index contributed by atoms with van der Waals surface area (Å²) in [4.78, 5) is 9.87. The van der Waals surface area contributed by atoms with Crippen molar-refractivity contribution >= 4 is 22.9 Å². The van der Waals surface area contributed by atoms with Gasteiger partial charge in [-0.15, -0.1) is 6.58 Å². The number of para-hydroxylation sites is 2. The first kappa shape index (κ1) is 18.0. The number of aromatic nitrogens is 1. The lowest BCUT2D eigenvalue weighted by Gasteiger charge is -2.44. The van der Waals surface area contributed by atoms with Gasteiger partial charge in [0.15, 0.2) is 5.82 Å². The molecule has 0 fully saturated rings. The van der Waals surface area contributed by atoms with Crippen molar-refractivity contribution in [3.8, 4) is 0 Å². The van der Waals surface area contributed by atoms with Gasteiger partial charge in [0.2, 0.25) is 0 Å². The van der Waals surface area contributed by atoms with E-state index >= 15 is 0 Å². The number of fused-ring (bicyclic) bond motifs is 5. The Morgan fingerprint density at radius 3 is 2.41 bits per heavy atom. The summed E-state index contributed by atoms with van der Waals surface area (Å²) < 4.78 is 0. The molecule has 146 valence electrons. The van der Waals surface area contributed by atoms with Crippen LogP contribution in [0.4, 0.5) is 22.9 Å². The molecule has 2 aromatic carbocycles. The Balaban J connectivity index is 1.82. The molecule has 3 aromatic rings. The van der Waals surface area contributed by atoms with Gasteiger partial charge in [0, 0.05) is 29.4 Å². The zero-order chi connectivity index (χ0) is 20.1. The third-order valence-electron chi connectivity index (χ3n) is 6.44. The summed E-state index contributed by atoms with van der Waals surface area (Å²) in [5, 5.41) is 0. The van der Waals surface area contributed by atoms with Gasteiger partial charge in [0.05, 0.1) is 5.69 Å². The molecule has 0 amide bonds. The van der Waals surface area contributed by atoms with Crippen molar-refractivity contribution < 1.29 is 0 Å². The van der Waals surface area contributed by atoms with E-state index in [1.54, 1.807) is 0 Å². The fourth-order valence-electron chi connectivity index (χ4n) is 5.12. The van der Waals surface area contributed by atoms with Crippen LogP contribution in [0.25, 0.3) is 0 Å². The summed E-state index contributed by atoms with van der Waals surface area (Å²) in [6, 6.07) is 21.6. The van der Waals surface area contributed by atoms with Gasteiger partial charge in [-0.1, -0.05) is 63.2 Å². The van der Waals surface area contributed by atoms with E-state index in [4.69, 9.17) is 4.98 Å². The van der Waals surface area contributed by atoms with Gasteiger partial charge in [-0.05, 0) is 41.3 Å². The zero-order valence-corrected chi connectivity index (χ0v) is 17.3. The highest BCUT2D eigenvalue weighted by Gasteiger charge is 2.48. The Morgan fingerprint density at radius 2 is 1.69 bits per heavy atom. The summed E-state index contributed by atoms with van der Waals surface area (Å²) in [5.74, 6) is 2.14. The van der Waals surface area contributed by atoms with E-state index in [0.29, 0.717) is 17.8 Å². The molecular formula is C26H27N3. The second kappa shape index (κ2) is 6.77. The summed E-state index contributed by atoms with van der Waals surface area (Å²) in [6.07, 6.45) is 4.24. The highest BCUT2D eigenvalue weighted by atomic mass is 15.5. The van der Waals surface area contributed by atoms with Gasteiger partial charge < -0.3 is 9.80 Å². The molecule has 3 nitrogen and oxygen atoms in total. The van der Waals surface area contributed by atoms with Crippen LogP contribution in [0.5, 0.6) is 0 Å². The lowest BCUT2D eigenvalue weighted by atomic mass is 9.80. The van der Waals surface area contributed by atoms with Crippen molar-refractivity contribution in [2.75, 3.05) is 9.80 Å². The van der Waals surface area contributed by atoms with E-state index < -0.39 is 0 Å². The maximum Gasteiger partial charge on any atom is 0.159 e. The zero-order valence-electron chi connectivity index (χ0n) is 17.3. The fraction of sp³-hybridized carbons (Fsp3) is 0.269. The monoisotopic (exact) mass is 381 g/mol. The third kappa shape index (κ3) is 2.53. The van der Waals surface area contributed by atoms with Crippen molar-refractivity contribution in [1.29, 1.82) is 0 Å². The smallest absolute Gasteiger partial charge is 0.159 e. The third-order valence-corrected chi connectivity index (χ3v) is 6.44. The van der Waals surface area contributed by atoms with E-state index in [-0.39, 0.29) is 6.17 Å². The van der Waals surface area contributed by atoms with Crippen LogP contribution in [0, 0.1) is 5.92 Å².